The lowest BCUT2D eigenvalue weighted by atomic mass is 10.1. The summed E-state index contributed by atoms with van der Waals surface area (Å²) < 4.78 is 32.5. The number of nitrogens with one attached hydrogen (secondary N) is 1. The molecule has 0 spiro atoms. The maximum atomic E-state index is 13.6. The van der Waals surface area contributed by atoms with E-state index >= 15 is 0 Å². The van der Waals surface area contributed by atoms with Crippen molar-refractivity contribution in [3.63, 3.8) is 0 Å². The van der Waals surface area contributed by atoms with E-state index in [1.165, 1.54) is 24.4 Å². The Morgan fingerprint density at radius 3 is 2.58 bits per heavy atom. The molecule has 1 aromatic heterocycles. The number of oxazole rings is 1. The highest BCUT2D eigenvalue weighted by Crippen LogP contribution is 2.26. The Balaban J connectivity index is 2.12. The Morgan fingerprint density at radius 2 is 1.95 bits per heavy atom. The van der Waals surface area contributed by atoms with Gasteiger partial charge in [-0.05, 0) is 24.6 Å². The molecule has 2 rings (SSSR count). The zero-order valence-electron chi connectivity index (χ0n) is 10.9. The number of rotatable bonds is 5. The molecule has 0 aliphatic heterocycles. The maximum absolute atomic E-state index is 13.6. The number of hydrogen-bond acceptors (Lipinski definition) is 3. The first-order valence-electron chi connectivity index (χ1n) is 6.17. The van der Waals surface area contributed by atoms with E-state index in [9.17, 15) is 8.78 Å². The van der Waals surface area contributed by atoms with Crippen LogP contribution in [0.3, 0.4) is 0 Å². The molecule has 19 heavy (non-hydrogen) atoms. The van der Waals surface area contributed by atoms with Crippen molar-refractivity contribution in [1.82, 2.24) is 10.3 Å². The van der Waals surface area contributed by atoms with Gasteiger partial charge in [-0.15, -0.1) is 0 Å². The van der Waals surface area contributed by atoms with Gasteiger partial charge in [0.1, 0.15) is 11.6 Å². The van der Waals surface area contributed by atoms with Gasteiger partial charge in [0.05, 0.1) is 18.3 Å². The monoisotopic (exact) mass is 266 g/mol. The molecule has 0 fully saturated rings. The third-order valence-corrected chi connectivity index (χ3v) is 2.59. The summed E-state index contributed by atoms with van der Waals surface area (Å²) in [5, 5.41) is 3.15. The van der Waals surface area contributed by atoms with Crippen LogP contribution < -0.4 is 5.32 Å². The molecule has 3 nitrogen and oxygen atoms in total. The van der Waals surface area contributed by atoms with Gasteiger partial charge in [-0.3, -0.25) is 0 Å². The highest BCUT2D eigenvalue weighted by molar-refractivity contribution is 5.57. The molecular weight excluding hydrogens is 250 g/mol. The fraction of sp³-hybridized carbons (Fsp3) is 0.357. The smallest absolute Gasteiger partial charge is 0.208 e. The fourth-order valence-electron chi connectivity index (χ4n) is 1.71. The van der Waals surface area contributed by atoms with Crippen LogP contribution >= 0.6 is 0 Å². The lowest BCUT2D eigenvalue weighted by molar-refractivity contribution is 0.455. The first-order chi connectivity index (χ1) is 9.08. The van der Waals surface area contributed by atoms with E-state index in [2.05, 4.69) is 24.1 Å². The molecule has 1 heterocycles. The lowest BCUT2D eigenvalue weighted by Gasteiger charge is -2.04. The van der Waals surface area contributed by atoms with Crippen molar-refractivity contribution in [2.24, 2.45) is 5.92 Å². The summed E-state index contributed by atoms with van der Waals surface area (Å²) in [5.74, 6) is -0.274. The molecule has 1 N–H and O–H groups in total. The molecule has 0 aliphatic carbocycles. The van der Waals surface area contributed by atoms with Crippen molar-refractivity contribution >= 4 is 0 Å². The van der Waals surface area contributed by atoms with Crippen molar-refractivity contribution in [2.45, 2.75) is 20.4 Å². The van der Waals surface area contributed by atoms with Crippen molar-refractivity contribution in [3.05, 3.63) is 41.9 Å². The summed E-state index contributed by atoms with van der Waals surface area (Å²) in [6, 6.07) is 3.70. The summed E-state index contributed by atoms with van der Waals surface area (Å²) >= 11 is 0. The van der Waals surface area contributed by atoms with Gasteiger partial charge < -0.3 is 9.73 Å². The zero-order valence-corrected chi connectivity index (χ0v) is 10.9. The summed E-state index contributed by atoms with van der Waals surface area (Å²) in [7, 11) is 0. The lowest BCUT2D eigenvalue weighted by Crippen LogP contribution is -2.18. The van der Waals surface area contributed by atoms with Crippen LogP contribution in [-0.4, -0.2) is 11.5 Å². The Hall–Kier alpha value is -1.75. The van der Waals surface area contributed by atoms with Crippen LogP contribution in [0.4, 0.5) is 8.78 Å². The maximum Gasteiger partial charge on any atom is 0.208 e. The minimum absolute atomic E-state index is 0.108. The summed E-state index contributed by atoms with van der Waals surface area (Å²) in [4.78, 5) is 4.01. The van der Waals surface area contributed by atoms with Crippen molar-refractivity contribution in [2.75, 3.05) is 6.54 Å². The number of aromatic nitrogens is 1. The van der Waals surface area contributed by atoms with E-state index in [0.717, 1.165) is 6.54 Å². The molecule has 0 amide bonds. The van der Waals surface area contributed by atoms with Gasteiger partial charge in [-0.25, -0.2) is 13.8 Å². The fourth-order valence-corrected chi connectivity index (χ4v) is 1.71. The third kappa shape index (κ3) is 3.38. The Morgan fingerprint density at radius 1 is 1.26 bits per heavy atom. The Kier molecular flexibility index (Phi) is 4.27. The molecule has 0 atom stereocenters. The molecule has 0 saturated heterocycles. The van der Waals surface area contributed by atoms with Crippen LogP contribution in [-0.2, 0) is 6.54 Å². The summed E-state index contributed by atoms with van der Waals surface area (Å²) in [6.45, 7) is 5.44. The standard InChI is InChI=1S/C14H16F2N2O/c1-9(2)6-17-8-13-18-7-12(19-13)14-10(15)4-3-5-11(14)16/h3-5,7,9,17H,6,8H2,1-2H3. The molecule has 102 valence electrons. The SMILES string of the molecule is CC(C)CNCc1ncc(-c2c(F)cccc2F)o1. The van der Waals surface area contributed by atoms with Crippen molar-refractivity contribution in [3.8, 4) is 11.3 Å². The first-order valence-corrected chi connectivity index (χ1v) is 6.17. The van der Waals surface area contributed by atoms with Gasteiger partial charge in [-0.2, -0.15) is 0 Å². The van der Waals surface area contributed by atoms with Gasteiger partial charge in [0.15, 0.2) is 5.76 Å². The Bertz CT molecular complexity index is 532. The predicted molar refractivity (Wildman–Crippen MR) is 68.4 cm³/mol. The highest BCUT2D eigenvalue weighted by atomic mass is 19.1. The molecule has 0 aliphatic rings. The number of halogens is 2. The quantitative estimate of drug-likeness (QED) is 0.901. The Labute approximate surface area is 110 Å². The normalized spacial score (nSPS) is 11.2. The minimum atomic E-state index is -0.655. The van der Waals surface area contributed by atoms with Crippen LogP contribution in [0.2, 0.25) is 0 Å². The van der Waals surface area contributed by atoms with E-state index < -0.39 is 11.6 Å². The summed E-state index contributed by atoms with van der Waals surface area (Å²) in [5.41, 5.74) is -0.176. The van der Waals surface area contributed by atoms with Gasteiger partial charge in [-0.1, -0.05) is 19.9 Å². The van der Waals surface area contributed by atoms with Crippen LogP contribution in [0.25, 0.3) is 11.3 Å². The van der Waals surface area contributed by atoms with E-state index in [1.807, 2.05) is 0 Å². The summed E-state index contributed by atoms with van der Waals surface area (Å²) in [6.07, 6.45) is 1.34. The average molecular weight is 266 g/mol. The molecule has 5 heteroatoms. The molecule has 0 radical (unpaired) electrons. The molecule has 2 aromatic rings. The molecule has 1 aromatic carbocycles. The van der Waals surface area contributed by atoms with Gasteiger partial charge in [0.2, 0.25) is 5.89 Å². The highest BCUT2D eigenvalue weighted by Gasteiger charge is 2.15. The molecule has 0 saturated carbocycles. The first kappa shape index (κ1) is 13.7. The zero-order chi connectivity index (χ0) is 13.8. The van der Waals surface area contributed by atoms with Crippen LogP contribution in [0.1, 0.15) is 19.7 Å². The van der Waals surface area contributed by atoms with Gasteiger partial charge in [0, 0.05) is 0 Å². The molecule has 0 bridgehead atoms. The number of benzene rings is 1. The topological polar surface area (TPSA) is 38.1 Å². The average Bonchev–Trinajstić information content (AvgIpc) is 2.77. The largest absolute Gasteiger partial charge is 0.439 e. The van der Waals surface area contributed by atoms with Gasteiger partial charge in [0.25, 0.3) is 0 Å². The van der Waals surface area contributed by atoms with E-state index in [0.29, 0.717) is 18.4 Å². The third-order valence-electron chi connectivity index (χ3n) is 2.59. The number of nitrogens with zero attached hydrogens (tertiary/aromatic N) is 1. The second-order valence-corrected chi connectivity index (χ2v) is 4.74. The minimum Gasteiger partial charge on any atom is -0.439 e. The van der Waals surface area contributed by atoms with E-state index in [1.54, 1.807) is 0 Å². The van der Waals surface area contributed by atoms with Crippen LogP contribution in [0.5, 0.6) is 0 Å². The van der Waals surface area contributed by atoms with E-state index in [4.69, 9.17) is 4.42 Å². The number of hydrogen-bond donors (Lipinski definition) is 1. The molecular formula is C14H16F2N2O. The van der Waals surface area contributed by atoms with Crippen LogP contribution in [0.15, 0.2) is 28.8 Å². The second kappa shape index (κ2) is 5.93. The van der Waals surface area contributed by atoms with Crippen molar-refractivity contribution in [1.29, 1.82) is 0 Å². The van der Waals surface area contributed by atoms with Gasteiger partial charge >= 0.3 is 0 Å². The van der Waals surface area contributed by atoms with E-state index in [-0.39, 0.29) is 11.3 Å². The second-order valence-electron chi connectivity index (χ2n) is 4.74. The van der Waals surface area contributed by atoms with Crippen molar-refractivity contribution < 1.29 is 13.2 Å². The van der Waals surface area contributed by atoms with Crippen LogP contribution in [0, 0.1) is 17.6 Å². The molecule has 0 unspecified atom stereocenters. The predicted octanol–water partition coefficient (Wildman–Crippen LogP) is 3.37.